The third kappa shape index (κ3) is 2.38. The van der Waals surface area contributed by atoms with Crippen molar-refractivity contribution in [2.24, 2.45) is 0 Å². The molecule has 3 aliphatic heterocycles. The number of Topliss-reactive ketones (excluding diaryl/α,β-unsaturated/α-hetero) is 1. The van der Waals surface area contributed by atoms with Crippen molar-refractivity contribution in [2.45, 2.75) is 96.0 Å². The summed E-state index contributed by atoms with van der Waals surface area (Å²) < 4.78 is 6.66. The monoisotopic (exact) mass is 358 g/mol. The maximum Gasteiger partial charge on any atom is 0.205 e. The first-order chi connectivity index (χ1) is 11.6. The van der Waals surface area contributed by atoms with Gasteiger partial charge in [0.1, 0.15) is 5.76 Å². The number of nitrogens with one attached hydrogen (secondary N) is 2. The van der Waals surface area contributed by atoms with E-state index in [9.17, 15) is 4.79 Å². The summed E-state index contributed by atoms with van der Waals surface area (Å²) in [5.74, 6) is 0.820. The molecular formula is C22H34N2O2. The second kappa shape index (κ2) is 5.11. The lowest BCUT2D eigenvalue weighted by molar-refractivity contribution is -0.156. The number of piperidine rings is 1. The molecule has 0 aromatic heterocycles. The van der Waals surface area contributed by atoms with E-state index in [1.807, 2.05) is 13.8 Å². The van der Waals surface area contributed by atoms with Gasteiger partial charge in [-0.1, -0.05) is 13.2 Å². The van der Waals surface area contributed by atoms with Gasteiger partial charge in [0.2, 0.25) is 5.78 Å². The van der Waals surface area contributed by atoms with Gasteiger partial charge in [-0.15, -0.1) is 0 Å². The highest BCUT2D eigenvalue weighted by Gasteiger charge is 2.63. The van der Waals surface area contributed by atoms with Gasteiger partial charge in [-0.3, -0.25) is 15.4 Å². The lowest BCUT2D eigenvalue weighted by Crippen LogP contribution is -2.75. The van der Waals surface area contributed by atoms with Crippen molar-refractivity contribution in [1.82, 2.24) is 10.6 Å². The zero-order valence-corrected chi connectivity index (χ0v) is 17.6. The van der Waals surface area contributed by atoms with Crippen molar-refractivity contribution in [3.8, 4) is 0 Å². The number of carbonyl (C=O) groups is 1. The zero-order valence-electron chi connectivity index (χ0n) is 17.6. The Labute approximate surface area is 158 Å². The van der Waals surface area contributed by atoms with E-state index >= 15 is 0 Å². The Morgan fingerprint density at radius 1 is 0.846 bits per heavy atom. The minimum atomic E-state index is -0.953. The molecule has 4 heteroatoms. The maximum atomic E-state index is 13.5. The van der Waals surface area contributed by atoms with Crippen LogP contribution in [0, 0.1) is 0 Å². The van der Waals surface area contributed by atoms with Crippen molar-refractivity contribution in [3.63, 3.8) is 0 Å². The van der Waals surface area contributed by atoms with E-state index in [0.717, 1.165) is 17.8 Å². The van der Waals surface area contributed by atoms with Crippen molar-refractivity contribution in [3.05, 3.63) is 35.6 Å². The topological polar surface area (TPSA) is 50.4 Å². The van der Waals surface area contributed by atoms with E-state index in [0.29, 0.717) is 12.0 Å². The van der Waals surface area contributed by atoms with Crippen LogP contribution in [0.15, 0.2) is 35.6 Å². The first kappa shape index (κ1) is 19.4. The van der Waals surface area contributed by atoms with Crippen LogP contribution in [0.25, 0.3) is 0 Å². The van der Waals surface area contributed by atoms with Crippen LogP contribution in [0.5, 0.6) is 0 Å². The second-order valence-electron chi connectivity index (χ2n) is 10.3. The van der Waals surface area contributed by atoms with Gasteiger partial charge < -0.3 is 4.74 Å². The summed E-state index contributed by atoms with van der Waals surface area (Å²) in [5.41, 5.74) is 0.264. The highest BCUT2D eigenvalue weighted by atomic mass is 16.5. The van der Waals surface area contributed by atoms with Crippen molar-refractivity contribution in [1.29, 1.82) is 0 Å². The van der Waals surface area contributed by atoms with E-state index in [-0.39, 0.29) is 16.9 Å². The Morgan fingerprint density at radius 3 is 1.96 bits per heavy atom. The van der Waals surface area contributed by atoms with Gasteiger partial charge in [-0.2, -0.15) is 0 Å². The molecule has 3 heterocycles. The molecule has 0 aliphatic carbocycles. The van der Waals surface area contributed by atoms with Gasteiger partial charge in [0.15, 0.2) is 5.60 Å². The van der Waals surface area contributed by atoms with Gasteiger partial charge in [0, 0.05) is 34.2 Å². The lowest BCUT2D eigenvalue weighted by Gasteiger charge is -2.59. The Hall–Kier alpha value is -1.39. The van der Waals surface area contributed by atoms with E-state index in [1.54, 1.807) is 0 Å². The maximum absolute atomic E-state index is 13.5. The fourth-order valence-corrected chi connectivity index (χ4v) is 5.13. The van der Waals surface area contributed by atoms with E-state index in [4.69, 9.17) is 4.74 Å². The summed E-state index contributed by atoms with van der Waals surface area (Å²) in [6.45, 7) is 25.1. The number of ether oxygens (including phenoxy) is 1. The number of hydrogen-bond donors (Lipinski definition) is 2. The van der Waals surface area contributed by atoms with Gasteiger partial charge in [0.05, 0.1) is 5.54 Å². The fraction of sp³-hybridized carbons (Fsp3) is 0.682. The lowest BCUT2D eigenvalue weighted by atomic mass is 9.63. The molecule has 0 bridgehead atoms. The molecule has 0 aromatic rings. The Morgan fingerprint density at radius 2 is 1.38 bits per heavy atom. The third-order valence-corrected chi connectivity index (χ3v) is 6.72. The van der Waals surface area contributed by atoms with Crippen LogP contribution in [0.1, 0.15) is 68.2 Å². The molecule has 3 rings (SSSR count). The molecule has 144 valence electrons. The summed E-state index contributed by atoms with van der Waals surface area (Å²) in [4.78, 5) is 13.5. The van der Waals surface area contributed by atoms with Crippen molar-refractivity contribution < 1.29 is 9.53 Å². The normalized spacial score (nSPS) is 34.5. The van der Waals surface area contributed by atoms with Crippen LogP contribution in [-0.4, -0.2) is 33.5 Å². The van der Waals surface area contributed by atoms with Crippen LogP contribution in [0.3, 0.4) is 0 Å². The van der Waals surface area contributed by atoms with Crippen LogP contribution in [0.2, 0.25) is 0 Å². The Bertz CT molecular complexity index is 752. The third-order valence-electron chi connectivity index (χ3n) is 6.72. The number of hydrogen-bond acceptors (Lipinski definition) is 4. The Kier molecular flexibility index (Phi) is 3.81. The summed E-state index contributed by atoms with van der Waals surface area (Å²) in [7, 11) is 0. The summed E-state index contributed by atoms with van der Waals surface area (Å²) >= 11 is 0. The molecule has 0 saturated carbocycles. The number of ketones is 1. The van der Waals surface area contributed by atoms with E-state index in [2.05, 4.69) is 65.3 Å². The van der Waals surface area contributed by atoms with Gasteiger partial charge in [-0.05, 0) is 67.4 Å². The largest absolute Gasteiger partial charge is 0.477 e. The first-order valence-corrected chi connectivity index (χ1v) is 9.53. The van der Waals surface area contributed by atoms with Crippen molar-refractivity contribution >= 4 is 5.78 Å². The molecule has 0 aromatic carbocycles. The fourth-order valence-electron chi connectivity index (χ4n) is 5.13. The number of carbonyl (C=O) groups excluding carboxylic acids is 1. The van der Waals surface area contributed by atoms with Gasteiger partial charge >= 0.3 is 0 Å². The SMILES string of the molecule is C=C1C(=O)C2(CCC3=C(O2)C(=C)C(C)(C)NC3(C)C)C(C)(C)NC1(C)C. The zero-order chi connectivity index (χ0) is 19.9. The second-order valence-corrected chi connectivity index (χ2v) is 10.3. The smallest absolute Gasteiger partial charge is 0.205 e. The van der Waals surface area contributed by atoms with Gasteiger partial charge in [-0.25, -0.2) is 0 Å². The van der Waals surface area contributed by atoms with Crippen LogP contribution in [0.4, 0.5) is 0 Å². The molecule has 0 amide bonds. The highest BCUT2D eigenvalue weighted by Crippen LogP contribution is 2.51. The van der Waals surface area contributed by atoms with E-state index < -0.39 is 16.7 Å². The molecule has 1 atom stereocenters. The van der Waals surface area contributed by atoms with Gasteiger partial charge in [0.25, 0.3) is 0 Å². The van der Waals surface area contributed by atoms with Crippen LogP contribution in [-0.2, 0) is 9.53 Å². The average molecular weight is 359 g/mol. The molecular weight excluding hydrogens is 324 g/mol. The predicted molar refractivity (Wildman–Crippen MR) is 106 cm³/mol. The van der Waals surface area contributed by atoms with E-state index in [1.165, 1.54) is 5.57 Å². The van der Waals surface area contributed by atoms with Crippen LogP contribution < -0.4 is 10.6 Å². The molecule has 1 fully saturated rings. The molecule has 3 aliphatic rings. The molecule has 1 unspecified atom stereocenters. The quantitative estimate of drug-likeness (QED) is 0.647. The average Bonchev–Trinajstić information content (AvgIpc) is 2.47. The Balaban J connectivity index is 2.14. The van der Waals surface area contributed by atoms with Crippen LogP contribution >= 0.6 is 0 Å². The first-order valence-electron chi connectivity index (χ1n) is 9.53. The molecule has 26 heavy (non-hydrogen) atoms. The van der Waals surface area contributed by atoms with Crippen molar-refractivity contribution in [2.75, 3.05) is 0 Å². The molecule has 2 N–H and O–H groups in total. The molecule has 1 saturated heterocycles. The minimum absolute atomic E-state index is 0.0137. The summed E-state index contributed by atoms with van der Waals surface area (Å²) in [6.07, 6.45) is 1.44. The standard InChI is InChI=1S/C22H34N2O2/c1-13-16-15(20(7,8)23-18(13,3)4)11-12-22(26-16)17(25)14(2)19(5,6)24-21(22,9)10/h23-24H,1-2,11-12H2,3-10H3. The predicted octanol–water partition coefficient (Wildman–Crippen LogP) is 3.79. The summed E-state index contributed by atoms with van der Waals surface area (Å²) in [5, 5.41) is 7.28. The highest BCUT2D eigenvalue weighted by molar-refractivity contribution is 6.05. The summed E-state index contributed by atoms with van der Waals surface area (Å²) in [6, 6.07) is 0. The molecule has 1 spiro atoms. The number of rotatable bonds is 0. The molecule has 0 radical (unpaired) electrons. The molecule has 4 nitrogen and oxygen atoms in total. The minimum Gasteiger partial charge on any atom is -0.477 e.